The molecule has 0 spiro atoms. The Labute approximate surface area is 152 Å². The zero-order valence-corrected chi connectivity index (χ0v) is 14.8. The fourth-order valence-electron chi connectivity index (χ4n) is 3.28. The molecule has 1 aromatic heterocycles. The lowest BCUT2D eigenvalue weighted by Crippen LogP contribution is -2.36. The number of anilines is 1. The average Bonchev–Trinajstić information content (AvgIpc) is 2.93. The average molecular weight is 367 g/mol. The van der Waals surface area contributed by atoms with E-state index in [0.717, 1.165) is 31.7 Å². The summed E-state index contributed by atoms with van der Waals surface area (Å²) >= 11 is 0. The van der Waals surface area contributed by atoms with Crippen molar-refractivity contribution in [3.8, 4) is 6.07 Å². The second kappa shape index (κ2) is 6.42. The lowest BCUT2D eigenvalue weighted by atomic mass is 10.1. The van der Waals surface area contributed by atoms with E-state index in [1.807, 2.05) is 12.1 Å². The summed E-state index contributed by atoms with van der Waals surface area (Å²) in [4.78, 5) is 11.4. The highest BCUT2D eigenvalue weighted by Gasteiger charge is 2.31. The number of nitrogens with one attached hydrogen (secondary N) is 1. The van der Waals surface area contributed by atoms with Gasteiger partial charge in [-0.1, -0.05) is 12.1 Å². The van der Waals surface area contributed by atoms with Gasteiger partial charge in [0, 0.05) is 24.8 Å². The van der Waals surface area contributed by atoms with E-state index >= 15 is 0 Å². The van der Waals surface area contributed by atoms with Gasteiger partial charge in [0.25, 0.3) is 10.0 Å². The summed E-state index contributed by atoms with van der Waals surface area (Å²) in [6.07, 6.45) is 3.20. The second-order valence-corrected chi connectivity index (χ2v) is 7.97. The Bertz CT molecular complexity index is 1000. The standard InChI is InChI=1S/C18H17N5O2S/c19-11-13-5-6-17(20-12-13)23-9-7-14(8-10-23)21-18-15-3-1-2-4-16(15)26(24,25)22-18/h1-6,12,14H,7-10H2,(H,21,22). The summed E-state index contributed by atoms with van der Waals surface area (Å²) in [5.41, 5.74) is 1.19. The lowest BCUT2D eigenvalue weighted by molar-refractivity contribution is 0.500. The van der Waals surface area contributed by atoms with Crippen LogP contribution in [0, 0.1) is 11.3 Å². The van der Waals surface area contributed by atoms with Crippen LogP contribution in [-0.2, 0) is 10.0 Å². The SMILES string of the molecule is N#Cc1ccc(N2CCC(N=C3NS(=O)(=O)c4ccccc43)CC2)nc1. The Morgan fingerprint density at radius 1 is 1.19 bits per heavy atom. The van der Waals surface area contributed by atoms with Crippen molar-refractivity contribution in [3.63, 3.8) is 0 Å². The van der Waals surface area contributed by atoms with Gasteiger partial charge in [-0.05, 0) is 37.1 Å². The molecule has 2 aliphatic rings. The van der Waals surface area contributed by atoms with E-state index in [1.165, 1.54) is 0 Å². The predicted octanol–water partition coefficient (Wildman–Crippen LogP) is 1.66. The first-order valence-electron chi connectivity index (χ1n) is 8.38. The Hall–Kier alpha value is -2.92. The first-order chi connectivity index (χ1) is 12.6. The van der Waals surface area contributed by atoms with E-state index < -0.39 is 10.0 Å². The van der Waals surface area contributed by atoms with Crippen molar-refractivity contribution in [3.05, 3.63) is 53.7 Å². The monoisotopic (exact) mass is 367 g/mol. The van der Waals surface area contributed by atoms with Crippen molar-refractivity contribution >= 4 is 21.7 Å². The fourth-order valence-corrected chi connectivity index (χ4v) is 4.51. The van der Waals surface area contributed by atoms with Crippen molar-refractivity contribution < 1.29 is 8.42 Å². The van der Waals surface area contributed by atoms with Gasteiger partial charge in [0.2, 0.25) is 0 Å². The molecule has 1 N–H and O–H groups in total. The number of nitriles is 1. The highest BCUT2D eigenvalue weighted by Crippen LogP contribution is 2.25. The molecule has 26 heavy (non-hydrogen) atoms. The van der Waals surface area contributed by atoms with Crippen LogP contribution >= 0.6 is 0 Å². The van der Waals surface area contributed by atoms with Gasteiger partial charge in [0.15, 0.2) is 0 Å². The largest absolute Gasteiger partial charge is 0.356 e. The van der Waals surface area contributed by atoms with Crippen LogP contribution in [0.1, 0.15) is 24.0 Å². The molecule has 4 rings (SSSR count). The molecule has 0 amide bonds. The molecule has 0 bridgehead atoms. The van der Waals surface area contributed by atoms with Crippen LogP contribution in [0.4, 0.5) is 5.82 Å². The summed E-state index contributed by atoms with van der Waals surface area (Å²) < 4.78 is 26.9. The van der Waals surface area contributed by atoms with Gasteiger partial charge in [-0.25, -0.2) is 13.4 Å². The third-order valence-electron chi connectivity index (χ3n) is 4.64. The zero-order valence-electron chi connectivity index (χ0n) is 14.0. The van der Waals surface area contributed by atoms with Crippen LogP contribution in [0.3, 0.4) is 0 Å². The molecule has 132 valence electrons. The van der Waals surface area contributed by atoms with Crippen LogP contribution < -0.4 is 9.62 Å². The quantitative estimate of drug-likeness (QED) is 0.870. The maximum atomic E-state index is 12.2. The summed E-state index contributed by atoms with van der Waals surface area (Å²) in [5.74, 6) is 1.29. The zero-order chi connectivity index (χ0) is 18.1. The fraction of sp³-hybridized carbons (Fsp3) is 0.278. The lowest BCUT2D eigenvalue weighted by Gasteiger charge is -2.31. The van der Waals surface area contributed by atoms with Crippen molar-refractivity contribution in [1.82, 2.24) is 9.71 Å². The molecule has 2 aliphatic heterocycles. The van der Waals surface area contributed by atoms with E-state index in [2.05, 4.69) is 25.7 Å². The number of pyridine rings is 1. The summed E-state index contributed by atoms with van der Waals surface area (Å²) in [6.45, 7) is 1.57. The van der Waals surface area contributed by atoms with Crippen LogP contribution in [0.25, 0.3) is 0 Å². The topological polar surface area (TPSA) is 98.5 Å². The molecule has 7 nitrogen and oxygen atoms in total. The number of rotatable bonds is 2. The van der Waals surface area contributed by atoms with Gasteiger partial charge >= 0.3 is 0 Å². The molecule has 0 atom stereocenters. The van der Waals surface area contributed by atoms with Crippen molar-refractivity contribution in [2.24, 2.45) is 4.99 Å². The third-order valence-corrected chi connectivity index (χ3v) is 6.04. The van der Waals surface area contributed by atoms with Crippen molar-refractivity contribution in [1.29, 1.82) is 5.26 Å². The highest BCUT2D eigenvalue weighted by molar-refractivity contribution is 7.90. The molecule has 1 fully saturated rings. The molecule has 0 unspecified atom stereocenters. The summed E-state index contributed by atoms with van der Waals surface area (Å²) in [6, 6.07) is 12.6. The van der Waals surface area contributed by atoms with E-state index in [1.54, 1.807) is 30.5 Å². The maximum Gasteiger partial charge on any atom is 0.263 e. The smallest absolute Gasteiger partial charge is 0.263 e. The van der Waals surface area contributed by atoms with Crippen LogP contribution in [0.5, 0.6) is 0 Å². The minimum absolute atomic E-state index is 0.0634. The number of fused-ring (bicyclic) bond motifs is 1. The molecular formula is C18H17N5O2S. The van der Waals surface area contributed by atoms with Crippen molar-refractivity contribution in [2.75, 3.05) is 18.0 Å². The summed E-state index contributed by atoms with van der Waals surface area (Å²) in [5, 5.41) is 8.85. The molecular weight excluding hydrogens is 350 g/mol. The summed E-state index contributed by atoms with van der Waals surface area (Å²) in [7, 11) is -3.49. The number of hydrogen-bond acceptors (Lipinski definition) is 6. The number of sulfonamides is 1. The number of aliphatic imine (C=N–C) groups is 1. The number of nitrogens with zero attached hydrogens (tertiary/aromatic N) is 4. The molecule has 1 aromatic carbocycles. The van der Waals surface area contributed by atoms with E-state index in [-0.39, 0.29) is 10.9 Å². The van der Waals surface area contributed by atoms with E-state index in [0.29, 0.717) is 17.0 Å². The number of benzene rings is 1. The Morgan fingerprint density at radius 2 is 1.96 bits per heavy atom. The number of aromatic nitrogens is 1. The predicted molar refractivity (Wildman–Crippen MR) is 97.5 cm³/mol. The molecule has 0 saturated carbocycles. The van der Waals surface area contributed by atoms with Gasteiger partial charge in [0.05, 0.1) is 16.5 Å². The van der Waals surface area contributed by atoms with Gasteiger partial charge in [-0.2, -0.15) is 5.26 Å². The van der Waals surface area contributed by atoms with Gasteiger partial charge in [0.1, 0.15) is 17.7 Å². The Balaban J connectivity index is 1.47. The second-order valence-electron chi connectivity index (χ2n) is 6.31. The molecule has 1 saturated heterocycles. The first-order valence-corrected chi connectivity index (χ1v) is 9.86. The minimum Gasteiger partial charge on any atom is -0.356 e. The molecule has 0 aliphatic carbocycles. The molecule has 2 aromatic rings. The normalized spacial score (nSPS) is 20.4. The Morgan fingerprint density at radius 3 is 2.65 bits per heavy atom. The van der Waals surface area contributed by atoms with Crippen LogP contribution in [0.15, 0.2) is 52.5 Å². The van der Waals surface area contributed by atoms with Gasteiger partial charge in [-0.3, -0.25) is 9.71 Å². The number of piperidine rings is 1. The third kappa shape index (κ3) is 3.02. The van der Waals surface area contributed by atoms with E-state index in [9.17, 15) is 8.42 Å². The molecule has 0 radical (unpaired) electrons. The Kier molecular flexibility index (Phi) is 4.09. The van der Waals surface area contributed by atoms with E-state index in [4.69, 9.17) is 5.26 Å². The first kappa shape index (κ1) is 16.5. The number of amidine groups is 1. The van der Waals surface area contributed by atoms with Gasteiger partial charge in [-0.15, -0.1) is 0 Å². The molecule has 8 heteroatoms. The van der Waals surface area contributed by atoms with Crippen molar-refractivity contribution in [2.45, 2.75) is 23.8 Å². The number of hydrogen-bond donors (Lipinski definition) is 1. The maximum absolute atomic E-state index is 12.2. The van der Waals surface area contributed by atoms with Crippen LogP contribution in [0.2, 0.25) is 0 Å². The van der Waals surface area contributed by atoms with Crippen LogP contribution in [-0.4, -0.2) is 38.4 Å². The molecule has 3 heterocycles. The van der Waals surface area contributed by atoms with Gasteiger partial charge < -0.3 is 4.90 Å². The minimum atomic E-state index is -3.49. The highest BCUT2D eigenvalue weighted by atomic mass is 32.2.